The summed E-state index contributed by atoms with van der Waals surface area (Å²) in [5.74, 6) is -0.792. The highest BCUT2D eigenvalue weighted by atomic mass is 19.1. The lowest BCUT2D eigenvalue weighted by atomic mass is 10.1. The average Bonchev–Trinajstić information content (AvgIpc) is 2.67. The van der Waals surface area contributed by atoms with Gasteiger partial charge in [-0.25, -0.2) is 13.8 Å². The summed E-state index contributed by atoms with van der Waals surface area (Å²) in [6, 6.07) is 3.19. The minimum Gasteiger partial charge on any atom is -0.378 e. The average molecular weight is 356 g/mol. The van der Waals surface area contributed by atoms with Crippen LogP contribution in [0.4, 0.5) is 20.2 Å². The minimum absolute atomic E-state index is 0.241. The molecule has 3 aromatic rings. The topological polar surface area (TPSA) is 66.0 Å². The molecule has 3 heterocycles. The van der Waals surface area contributed by atoms with E-state index in [1.807, 2.05) is 4.90 Å². The molecular formula is C18H18F2N6. The number of piperazine rings is 1. The smallest absolute Gasteiger partial charge is 0.166 e. The maximum atomic E-state index is 14.4. The molecule has 0 unspecified atom stereocenters. The zero-order valence-corrected chi connectivity index (χ0v) is 14.0. The van der Waals surface area contributed by atoms with Crippen molar-refractivity contribution in [3.63, 3.8) is 0 Å². The Morgan fingerprint density at radius 2 is 1.85 bits per heavy atom. The molecule has 134 valence electrons. The lowest BCUT2D eigenvalue weighted by Gasteiger charge is -2.31. The SMILES string of the molecule is Fc1cncc(NCc2cc(F)c3nccnc3c2)c1N1CCNCC1. The summed E-state index contributed by atoms with van der Waals surface area (Å²) in [5.41, 5.74) is 2.52. The fourth-order valence-corrected chi connectivity index (χ4v) is 3.15. The van der Waals surface area contributed by atoms with Crippen LogP contribution in [0.2, 0.25) is 0 Å². The summed E-state index contributed by atoms with van der Waals surface area (Å²) in [5, 5.41) is 6.43. The zero-order chi connectivity index (χ0) is 17.9. The number of anilines is 2. The van der Waals surface area contributed by atoms with Crippen LogP contribution in [0.15, 0.2) is 36.9 Å². The Kier molecular flexibility index (Phi) is 4.57. The summed E-state index contributed by atoms with van der Waals surface area (Å²) >= 11 is 0. The van der Waals surface area contributed by atoms with Crippen LogP contribution >= 0.6 is 0 Å². The third kappa shape index (κ3) is 3.28. The first-order valence-corrected chi connectivity index (χ1v) is 8.44. The molecule has 8 heteroatoms. The number of nitrogens with one attached hydrogen (secondary N) is 2. The molecule has 2 N–H and O–H groups in total. The van der Waals surface area contributed by atoms with Gasteiger partial charge >= 0.3 is 0 Å². The van der Waals surface area contributed by atoms with Crippen LogP contribution in [0.3, 0.4) is 0 Å². The van der Waals surface area contributed by atoms with Crippen molar-refractivity contribution in [3.8, 4) is 0 Å². The largest absolute Gasteiger partial charge is 0.378 e. The molecule has 2 aromatic heterocycles. The molecule has 0 amide bonds. The van der Waals surface area contributed by atoms with E-state index in [-0.39, 0.29) is 11.3 Å². The standard InChI is InChI=1S/C18H18F2N6/c19-13-7-12(8-15-17(13)24-2-1-23-15)9-25-16-11-22-10-14(20)18(16)26-5-3-21-4-6-26/h1-2,7-8,10-11,21,25H,3-6,9H2. The molecule has 1 saturated heterocycles. The number of hydrogen-bond acceptors (Lipinski definition) is 6. The van der Waals surface area contributed by atoms with E-state index in [4.69, 9.17) is 0 Å². The number of aromatic nitrogens is 3. The Morgan fingerprint density at radius 3 is 2.69 bits per heavy atom. The second-order valence-electron chi connectivity index (χ2n) is 6.11. The van der Waals surface area contributed by atoms with Gasteiger partial charge in [-0.3, -0.25) is 9.97 Å². The molecule has 6 nitrogen and oxygen atoms in total. The second-order valence-corrected chi connectivity index (χ2v) is 6.11. The van der Waals surface area contributed by atoms with Gasteiger partial charge in [-0.2, -0.15) is 0 Å². The Bertz CT molecular complexity index is 927. The number of fused-ring (bicyclic) bond motifs is 1. The predicted octanol–water partition coefficient (Wildman–Crippen LogP) is 2.32. The highest BCUT2D eigenvalue weighted by Crippen LogP contribution is 2.29. The summed E-state index contributed by atoms with van der Waals surface area (Å²) in [7, 11) is 0. The van der Waals surface area contributed by atoms with Crippen molar-refractivity contribution in [2.24, 2.45) is 0 Å². The van der Waals surface area contributed by atoms with Gasteiger partial charge in [-0.1, -0.05) is 0 Å². The minimum atomic E-state index is -0.424. The molecule has 4 rings (SSSR count). The van der Waals surface area contributed by atoms with Crippen molar-refractivity contribution in [2.45, 2.75) is 6.54 Å². The Morgan fingerprint density at radius 1 is 1.04 bits per heavy atom. The third-order valence-electron chi connectivity index (χ3n) is 4.38. The zero-order valence-electron chi connectivity index (χ0n) is 14.0. The highest BCUT2D eigenvalue weighted by Gasteiger charge is 2.19. The molecule has 1 aromatic carbocycles. The molecule has 0 bridgehead atoms. The monoisotopic (exact) mass is 356 g/mol. The van der Waals surface area contributed by atoms with E-state index in [9.17, 15) is 8.78 Å². The Labute approximate surface area is 149 Å². The number of nitrogens with zero attached hydrogens (tertiary/aromatic N) is 4. The fourth-order valence-electron chi connectivity index (χ4n) is 3.15. The molecule has 1 aliphatic heterocycles. The molecular weight excluding hydrogens is 338 g/mol. The van der Waals surface area contributed by atoms with Gasteiger partial charge in [0.1, 0.15) is 5.52 Å². The van der Waals surface area contributed by atoms with Crippen LogP contribution in [0.1, 0.15) is 5.56 Å². The number of pyridine rings is 1. The molecule has 1 fully saturated rings. The third-order valence-corrected chi connectivity index (χ3v) is 4.38. The van der Waals surface area contributed by atoms with Gasteiger partial charge in [-0.05, 0) is 17.7 Å². The highest BCUT2D eigenvalue weighted by molar-refractivity contribution is 5.75. The van der Waals surface area contributed by atoms with E-state index in [0.717, 1.165) is 26.2 Å². The summed E-state index contributed by atoms with van der Waals surface area (Å²) < 4.78 is 28.6. The van der Waals surface area contributed by atoms with Gasteiger partial charge in [0.25, 0.3) is 0 Å². The van der Waals surface area contributed by atoms with Gasteiger partial charge in [0.05, 0.1) is 29.3 Å². The molecule has 0 aliphatic carbocycles. The van der Waals surface area contributed by atoms with Gasteiger partial charge in [-0.15, -0.1) is 0 Å². The lowest BCUT2D eigenvalue weighted by molar-refractivity contribution is 0.564. The van der Waals surface area contributed by atoms with E-state index in [0.29, 0.717) is 29.0 Å². The number of rotatable bonds is 4. The molecule has 0 spiro atoms. The Balaban J connectivity index is 1.59. The van der Waals surface area contributed by atoms with E-state index in [2.05, 4.69) is 25.6 Å². The van der Waals surface area contributed by atoms with Crippen molar-refractivity contribution in [1.29, 1.82) is 0 Å². The van der Waals surface area contributed by atoms with Gasteiger partial charge in [0, 0.05) is 45.1 Å². The van der Waals surface area contributed by atoms with E-state index in [1.54, 1.807) is 12.3 Å². The van der Waals surface area contributed by atoms with Crippen LogP contribution in [0, 0.1) is 11.6 Å². The molecule has 1 aliphatic rings. The van der Waals surface area contributed by atoms with Crippen LogP contribution < -0.4 is 15.5 Å². The van der Waals surface area contributed by atoms with Crippen molar-refractivity contribution in [3.05, 3.63) is 54.1 Å². The summed E-state index contributed by atoms with van der Waals surface area (Å²) in [4.78, 5) is 14.1. The second kappa shape index (κ2) is 7.17. The van der Waals surface area contributed by atoms with Crippen molar-refractivity contribution >= 4 is 22.4 Å². The van der Waals surface area contributed by atoms with Crippen LogP contribution in [-0.2, 0) is 6.54 Å². The molecule has 0 saturated carbocycles. The first kappa shape index (κ1) is 16.6. The summed E-state index contributed by atoms with van der Waals surface area (Å²) in [6.45, 7) is 3.37. The van der Waals surface area contributed by atoms with E-state index < -0.39 is 5.82 Å². The molecule has 0 radical (unpaired) electrons. The first-order chi connectivity index (χ1) is 12.7. The maximum absolute atomic E-state index is 14.4. The van der Waals surface area contributed by atoms with Crippen LogP contribution in [0.5, 0.6) is 0 Å². The van der Waals surface area contributed by atoms with Crippen LogP contribution in [0.25, 0.3) is 11.0 Å². The molecule has 26 heavy (non-hydrogen) atoms. The molecule has 0 atom stereocenters. The fraction of sp³-hybridized carbons (Fsp3) is 0.278. The summed E-state index contributed by atoms with van der Waals surface area (Å²) in [6.07, 6.45) is 5.80. The quantitative estimate of drug-likeness (QED) is 0.748. The van der Waals surface area contributed by atoms with Crippen molar-refractivity contribution in [1.82, 2.24) is 20.3 Å². The van der Waals surface area contributed by atoms with Crippen molar-refractivity contribution < 1.29 is 8.78 Å². The van der Waals surface area contributed by atoms with Crippen LogP contribution in [-0.4, -0.2) is 41.1 Å². The van der Waals surface area contributed by atoms with Gasteiger partial charge in [0.2, 0.25) is 0 Å². The maximum Gasteiger partial charge on any atom is 0.166 e. The van der Waals surface area contributed by atoms with Gasteiger partial charge < -0.3 is 15.5 Å². The van der Waals surface area contributed by atoms with Crippen molar-refractivity contribution in [2.75, 3.05) is 36.4 Å². The van der Waals surface area contributed by atoms with Gasteiger partial charge in [0.15, 0.2) is 11.6 Å². The number of hydrogen-bond donors (Lipinski definition) is 2. The normalized spacial score (nSPS) is 14.6. The predicted molar refractivity (Wildman–Crippen MR) is 96.1 cm³/mol. The first-order valence-electron chi connectivity index (χ1n) is 8.44. The number of benzene rings is 1. The Hall–Kier alpha value is -2.87. The van der Waals surface area contributed by atoms with E-state index >= 15 is 0 Å². The lowest BCUT2D eigenvalue weighted by Crippen LogP contribution is -2.44. The number of halogens is 2. The van der Waals surface area contributed by atoms with E-state index in [1.165, 1.54) is 24.7 Å².